The Morgan fingerprint density at radius 1 is 1.31 bits per heavy atom. The van der Waals surface area contributed by atoms with Crippen molar-refractivity contribution >= 4 is 5.82 Å². The van der Waals surface area contributed by atoms with Gasteiger partial charge in [0, 0.05) is 16.6 Å². The van der Waals surface area contributed by atoms with E-state index in [-0.39, 0.29) is 25.0 Å². The molecule has 0 radical (unpaired) electrons. The number of benzene rings is 1. The summed E-state index contributed by atoms with van der Waals surface area (Å²) in [6.07, 6.45) is -3.53. The lowest BCUT2D eigenvalue weighted by Crippen LogP contribution is -2.32. The lowest BCUT2D eigenvalue weighted by Gasteiger charge is -2.21. The van der Waals surface area contributed by atoms with Gasteiger partial charge in [0.1, 0.15) is 31.2 Å². The maximum absolute atomic E-state index is 12.6. The standard InChI is InChI=1S/C17H13F3N4O5/c18-17(19,20)11-3-1-10(2-4-11)14-5-12(29-22-14)8-27-13-6-23-7-15(24(25)26)21-16(23)28-9-13/h1-5,7,13H,6,8-9H2/t13-/m0/s1. The summed E-state index contributed by atoms with van der Waals surface area (Å²) in [6.45, 7) is 0.526. The Hall–Kier alpha value is -3.41. The average molecular weight is 410 g/mol. The normalized spacial score (nSPS) is 16.3. The average Bonchev–Trinajstić information content (AvgIpc) is 3.32. The maximum Gasteiger partial charge on any atom is 0.416 e. The molecule has 0 saturated heterocycles. The van der Waals surface area contributed by atoms with E-state index >= 15 is 0 Å². The second-order valence-electron chi connectivity index (χ2n) is 6.29. The number of hydrogen-bond acceptors (Lipinski definition) is 7. The number of nitro groups is 1. The monoisotopic (exact) mass is 410 g/mol. The SMILES string of the molecule is O=[N+]([O-])c1cn2c(n1)OC[C@@H](OCc1cc(-c3ccc(C(F)(F)F)cc3)no1)C2. The molecule has 1 atom stereocenters. The third-order valence-electron chi connectivity index (χ3n) is 4.24. The van der Waals surface area contributed by atoms with E-state index in [0.717, 1.165) is 12.1 Å². The highest BCUT2D eigenvalue weighted by Gasteiger charge is 2.30. The van der Waals surface area contributed by atoms with Crippen LogP contribution in [0.1, 0.15) is 11.3 Å². The molecule has 12 heteroatoms. The van der Waals surface area contributed by atoms with Crippen molar-refractivity contribution in [1.82, 2.24) is 14.7 Å². The maximum atomic E-state index is 12.6. The van der Waals surface area contributed by atoms with E-state index in [4.69, 9.17) is 14.0 Å². The van der Waals surface area contributed by atoms with E-state index < -0.39 is 22.8 Å². The number of nitrogens with zero attached hydrogens (tertiary/aromatic N) is 4. The number of rotatable bonds is 5. The fraction of sp³-hybridized carbons (Fsp3) is 0.294. The molecule has 0 amide bonds. The third kappa shape index (κ3) is 4.06. The Labute approximate surface area is 160 Å². The van der Waals surface area contributed by atoms with Gasteiger partial charge < -0.3 is 24.1 Å². The van der Waals surface area contributed by atoms with E-state index in [0.29, 0.717) is 23.6 Å². The van der Waals surface area contributed by atoms with Crippen molar-refractivity contribution in [2.24, 2.45) is 0 Å². The van der Waals surface area contributed by atoms with Crippen molar-refractivity contribution in [2.75, 3.05) is 6.61 Å². The van der Waals surface area contributed by atoms with Crippen molar-refractivity contribution in [2.45, 2.75) is 25.4 Å². The summed E-state index contributed by atoms with van der Waals surface area (Å²) in [5.74, 6) is 0.0689. The van der Waals surface area contributed by atoms with Crippen LogP contribution in [0.15, 0.2) is 41.1 Å². The second-order valence-corrected chi connectivity index (χ2v) is 6.29. The number of alkyl halides is 3. The lowest BCUT2D eigenvalue weighted by atomic mass is 10.1. The largest absolute Gasteiger partial charge is 0.443 e. The molecule has 0 aliphatic carbocycles. The van der Waals surface area contributed by atoms with E-state index in [9.17, 15) is 23.3 Å². The van der Waals surface area contributed by atoms with Gasteiger partial charge in [-0.25, -0.2) is 0 Å². The lowest BCUT2D eigenvalue weighted by molar-refractivity contribution is -0.389. The Morgan fingerprint density at radius 2 is 2.07 bits per heavy atom. The predicted molar refractivity (Wildman–Crippen MR) is 89.9 cm³/mol. The van der Waals surface area contributed by atoms with E-state index in [2.05, 4.69) is 10.1 Å². The van der Waals surface area contributed by atoms with Crippen LogP contribution in [-0.2, 0) is 24.1 Å². The van der Waals surface area contributed by atoms with Crippen LogP contribution in [0.5, 0.6) is 6.01 Å². The van der Waals surface area contributed by atoms with Crippen LogP contribution in [0, 0.1) is 10.1 Å². The molecule has 0 bridgehead atoms. The summed E-state index contributed by atoms with van der Waals surface area (Å²) in [4.78, 5) is 13.9. The minimum atomic E-state index is -4.40. The van der Waals surface area contributed by atoms with Crippen LogP contribution < -0.4 is 4.74 Å². The van der Waals surface area contributed by atoms with Crippen LogP contribution in [0.3, 0.4) is 0 Å². The fourth-order valence-electron chi connectivity index (χ4n) is 2.81. The van der Waals surface area contributed by atoms with Gasteiger partial charge in [0.2, 0.25) is 0 Å². The van der Waals surface area contributed by atoms with Crippen LogP contribution in [0.4, 0.5) is 19.0 Å². The summed E-state index contributed by atoms with van der Waals surface area (Å²) < 4.78 is 55.6. The van der Waals surface area contributed by atoms with Crippen molar-refractivity contribution in [3.05, 3.63) is 58.0 Å². The van der Waals surface area contributed by atoms with Crippen molar-refractivity contribution in [3.63, 3.8) is 0 Å². The van der Waals surface area contributed by atoms with Crippen molar-refractivity contribution < 1.29 is 32.1 Å². The molecule has 1 aromatic carbocycles. The number of hydrogen-bond donors (Lipinski definition) is 0. The molecule has 3 heterocycles. The smallest absolute Gasteiger partial charge is 0.416 e. The summed E-state index contributed by atoms with van der Waals surface area (Å²) in [6, 6.07) is 6.30. The van der Waals surface area contributed by atoms with E-state index in [1.807, 2.05) is 0 Å². The molecular weight excluding hydrogens is 397 g/mol. The highest BCUT2D eigenvalue weighted by atomic mass is 19.4. The molecule has 0 unspecified atom stereocenters. The van der Waals surface area contributed by atoms with Crippen LogP contribution in [0.25, 0.3) is 11.3 Å². The highest BCUT2D eigenvalue weighted by Crippen LogP contribution is 2.31. The highest BCUT2D eigenvalue weighted by molar-refractivity contribution is 5.59. The van der Waals surface area contributed by atoms with Gasteiger partial charge in [0.15, 0.2) is 5.76 Å². The fourth-order valence-corrected chi connectivity index (χ4v) is 2.81. The first-order valence-electron chi connectivity index (χ1n) is 8.39. The van der Waals surface area contributed by atoms with Crippen LogP contribution in [-0.4, -0.2) is 32.3 Å². The molecule has 2 aromatic heterocycles. The number of aromatic nitrogens is 3. The predicted octanol–water partition coefficient (Wildman–Crippen LogP) is 3.44. The van der Waals surface area contributed by atoms with Gasteiger partial charge in [-0.2, -0.15) is 13.2 Å². The van der Waals surface area contributed by atoms with Gasteiger partial charge in [-0.05, 0) is 17.1 Å². The van der Waals surface area contributed by atoms with Crippen molar-refractivity contribution in [1.29, 1.82) is 0 Å². The topological polar surface area (TPSA) is 105 Å². The summed E-state index contributed by atoms with van der Waals surface area (Å²) in [5.41, 5.74) is 0.110. The van der Waals surface area contributed by atoms with E-state index in [1.54, 1.807) is 6.07 Å². The van der Waals surface area contributed by atoms with Gasteiger partial charge in [-0.1, -0.05) is 17.3 Å². The summed E-state index contributed by atoms with van der Waals surface area (Å²) in [5, 5.41) is 14.6. The summed E-state index contributed by atoms with van der Waals surface area (Å²) in [7, 11) is 0. The molecular formula is C17H13F3N4O5. The zero-order valence-electron chi connectivity index (χ0n) is 14.6. The number of ether oxygens (including phenoxy) is 2. The molecule has 0 spiro atoms. The molecule has 0 fully saturated rings. The quantitative estimate of drug-likeness (QED) is 0.469. The number of halogens is 3. The molecule has 3 aromatic rings. The van der Waals surface area contributed by atoms with Gasteiger partial charge in [0.05, 0.1) is 12.1 Å². The minimum absolute atomic E-state index is 0.0494. The Balaban J connectivity index is 1.37. The molecule has 1 aliphatic heterocycles. The third-order valence-corrected chi connectivity index (χ3v) is 4.24. The molecule has 29 heavy (non-hydrogen) atoms. The van der Waals surface area contributed by atoms with Gasteiger partial charge in [0.25, 0.3) is 0 Å². The molecule has 0 saturated carbocycles. The Bertz CT molecular complexity index is 1030. The van der Waals surface area contributed by atoms with Crippen LogP contribution >= 0.6 is 0 Å². The number of imidazole rings is 1. The Morgan fingerprint density at radius 3 is 2.76 bits per heavy atom. The number of fused-ring (bicyclic) bond motifs is 1. The zero-order valence-corrected chi connectivity index (χ0v) is 14.6. The minimum Gasteiger partial charge on any atom is -0.443 e. The first kappa shape index (κ1) is 18.9. The van der Waals surface area contributed by atoms with Crippen molar-refractivity contribution in [3.8, 4) is 17.3 Å². The molecule has 0 N–H and O–H groups in total. The first-order valence-corrected chi connectivity index (χ1v) is 8.39. The van der Waals surface area contributed by atoms with Gasteiger partial charge in [-0.15, -0.1) is 0 Å². The van der Waals surface area contributed by atoms with Crippen LogP contribution in [0.2, 0.25) is 0 Å². The molecule has 152 valence electrons. The zero-order chi connectivity index (χ0) is 20.6. The first-order chi connectivity index (χ1) is 13.8. The van der Waals surface area contributed by atoms with Gasteiger partial charge >= 0.3 is 18.0 Å². The van der Waals surface area contributed by atoms with Gasteiger partial charge in [-0.3, -0.25) is 4.57 Å². The second kappa shape index (κ2) is 7.20. The molecule has 4 rings (SSSR count). The van der Waals surface area contributed by atoms with E-state index in [1.165, 1.54) is 22.9 Å². The Kier molecular flexibility index (Phi) is 4.70. The molecule has 1 aliphatic rings. The molecule has 9 nitrogen and oxygen atoms in total. The summed E-state index contributed by atoms with van der Waals surface area (Å²) >= 11 is 0.